The molecule has 0 bridgehead atoms. The van der Waals surface area contributed by atoms with Crippen LogP contribution in [0.1, 0.15) is 32.8 Å². The smallest absolute Gasteiger partial charge is 0.113 e. The highest BCUT2D eigenvalue weighted by atomic mass is 15.0. The number of rotatable bonds is 5. The van der Waals surface area contributed by atoms with Crippen LogP contribution in [-0.4, -0.2) is 48.4 Å². The van der Waals surface area contributed by atoms with Gasteiger partial charge in [0.1, 0.15) is 39.2 Å². The molecule has 0 amide bonds. The molecule has 0 unspecified atom stereocenters. The van der Waals surface area contributed by atoms with Gasteiger partial charge in [0.15, 0.2) is 0 Å². The highest BCUT2D eigenvalue weighted by molar-refractivity contribution is 6.69. The van der Waals surface area contributed by atoms with Crippen LogP contribution in [0.4, 0.5) is 0 Å². The van der Waals surface area contributed by atoms with Crippen molar-refractivity contribution >= 4 is 110 Å². The third-order valence-electron chi connectivity index (χ3n) is 10.3. The lowest BCUT2D eigenvalue weighted by atomic mass is 9.59. The highest BCUT2D eigenvalue weighted by Crippen LogP contribution is 2.47. The van der Waals surface area contributed by atoms with Gasteiger partial charge in [-0.1, -0.05) is 98.4 Å². The van der Waals surface area contributed by atoms with Gasteiger partial charge in [-0.3, -0.25) is 0 Å². The molecule has 0 aliphatic rings. The summed E-state index contributed by atoms with van der Waals surface area (Å²) in [5.41, 5.74) is 10.4. The minimum atomic E-state index is -0.250. The number of benzene rings is 6. The van der Waals surface area contributed by atoms with Crippen molar-refractivity contribution in [1.29, 1.82) is 0 Å². The Hall–Kier alpha value is -4.76. The van der Waals surface area contributed by atoms with E-state index in [0.29, 0.717) is 16.5 Å². The van der Waals surface area contributed by atoms with E-state index < -0.39 is 0 Å². The molecule has 0 N–H and O–H groups in total. The quantitative estimate of drug-likeness (QED) is 0.239. The van der Waals surface area contributed by atoms with Crippen LogP contribution in [0.2, 0.25) is 0 Å². The molecule has 10 radical (unpaired) electrons. The average Bonchev–Trinajstić information content (AvgIpc) is 3.63. The number of nitrogens with zero attached hydrogens (tertiary/aromatic N) is 2. The fraction of sp³-hybridized carbons (Fsp3) is 0.122. The molecule has 8 aromatic rings. The molecule has 0 atom stereocenters. The Bertz CT molecular complexity index is 2490. The van der Waals surface area contributed by atoms with E-state index in [-0.39, 0.29) is 21.8 Å². The van der Waals surface area contributed by atoms with Crippen LogP contribution in [-0.2, 0) is 5.41 Å². The van der Waals surface area contributed by atoms with Crippen molar-refractivity contribution in [3.63, 3.8) is 0 Å². The molecule has 0 saturated heterocycles. The zero-order chi connectivity index (χ0) is 33.5. The summed E-state index contributed by atoms with van der Waals surface area (Å²) in [4.78, 5) is 0. The molecule has 2 heterocycles. The Morgan fingerprint density at radius 1 is 0.500 bits per heavy atom. The number of para-hydroxylation sites is 3. The van der Waals surface area contributed by atoms with Crippen LogP contribution in [0.25, 0.3) is 66.1 Å². The number of fused-ring (bicyclic) bond motifs is 6. The monoisotopic (exact) mass is 604 g/mol. The summed E-state index contributed by atoms with van der Waals surface area (Å²) in [6.07, 6.45) is 0.905. The number of hydrogen-bond acceptors (Lipinski definition) is 0. The van der Waals surface area contributed by atoms with Crippen molar-refractivity contribution in [3.8, 4) is 22.5 Å². The van der Waals surface area contributed by atoms with Gasteiger partial charge in [0.25, 0.3) is 0 Å². The van der Waals surface area contributed by atoms with Crippen molar-refractivity contribution in [1.82, 2.24) is 9.13 Å². The van der Waals surface area contributed by atoms with Crippen LogP contribution >= 0.6 is 0 Å². The maximum absolute atomic E-state index is 6.77. The van der Waals surface area contributed by atoms with Crippen molar-refractivity contribution in [2.45, 2.75) is 32.6 Å². The summed E-state index contributed by atoms with van der Waals surface area (Å²) in [7, 11) is 32.7. The average molecular weight is 604 g/mol. The minimum absolute atomic E-state index is 0.203. The van der Waals surface area contributed by atoms with Crippen LogP contribution in [0.15, 0.2) is 109 Å². The summed E-state index contributed by atoms with van der Waals surface area (Å²) in [5, 5.41) is 4.59. The molecule has 7 heteroatoms. The van der Waals surface area contributed by atoms with Gasteiger partial charge in [0, 0.05) is 27.2 Å². The third-order valence-corrected chi connectivity index (χ3v) is 10.3. The van der Waals surface area contributed by atoms with Crippen molar-refractivity contribution in [3.05, 3.63) is 115 Å². The van der Waals surface area contributed by atoms with Crippen molar-refractivity contribution in [2.24, 2.45) is 0 Å². The molecule has 2 nitrogen and oxygen atoms in total. The molecule has 0 saturated carbocycles. The summed E-state index contributed by atoms with van der Waals surface area (Å²) in [6, 6.07) is 38.5. The first kappa shape index (κ1) is 30.6. The Morgan fingerprint density at radius 2 is 1.02 bits per heavy atom. The first-order chi connectivity index (χ1) is 23.2. The molecular formula is C41H29B5N2. The van der Waals surface area contributed by atoms with Crippen molar-refractivity contribution in [2.75, 3.05) is 0 Å². The SMILES string of the molecule is [B]c1c([B])c([B])c(-c2cccc3c2c2c(C(C)(C)CC)c(-n4c5ccccc5c5ccccc54)ccc2n3-c2ccccc2)c([B])c1[B]. The standard InChI is InChI=1S/C41H29B5N2/c1-4-41(2,3)35-31(48-27-18-10-8-15-24(27)25-16-9-11-19-28(25)48)22-21-30-34(35)32-26(33-36(42)38(44)40(46)39(45)37(33)43)17-12-20-29(32)47(30)23-13-6-5-7-14-23/h5-22H,4H2,1-3H3. The molecule has 218 valence electrons. The predicted molar refractivity (Wildman–Crippen MR) is 211 cm³/mol. The van der Waals surface area contributed by atoms with Gasteiger partial charge >= 0.3 is 0 Å². The molecular weight excluding hydrogens is 575 g/mol. The second kappa shape index (κ2) is 11.2. The van der Waals surface area contributed by atoms with Gasteiger partial charge < -0.3 is 9.13 Å². The van der Waals surface area contributed by atoms with Crippen LogP contribution in [0.5, 0.6) is 0 Å². The van der Waals surface area contributed by atoms with Gasteiger partial charge in [-0.2, -0.15) is 0 Å². The lowest BCUT2D eigenvalue weighted by molar-refractivity contribution is 0.509. The van der Waals surface area contributed by atoms with Crippen LogP contribution in [0, 0.1) is 0 Å². The third kappa shape index (κ3) is 4.26. The molecule has 0 aliphatic carbocycles. The Morgan fingerprint density at radius 3 is 1.62 bits per heavy atom. The van der Waals surface area contributed by atoms with E-state index in [2.05, 4.69) is 127 Å². The molecule has 2 aromatic heterocycles. The molecule has 8 rings (SSSR count). The molecule has 48 heavy (non-hydrogen) atoms. The normalized spacial score (nSPS) is 12.1. The molecule has 0 aliphatic heterocycles. The van der Waals surface area contributed by atoms with E-state index in [0.717, 1.165) is 56.2 Å². The Kier molecular flexibility index (Phi) is 7.11. The largest absolute Gasteiger partial charge is 0.309 e. The summed E-state index contributed by atoms with van der Waals surface area (Å²) >= 11 is 0. The van der Waals surface area contributed by atoms with Gasteiger partial charge in [-0.05, 0) is 71.0 Å². The second-order valence-corrected chi connectivity index (χ2v) is 13.3. The second-order valence-electron chi connectivity index (χ2n) is 13.3. The zero-order valence-electron chi connectivity index (χ0n) is 27.4. The fourth-order valence-electron chi connectivity index (χ4n) is 7.57. The molecule has 0 fully saturated rings. The summed E-state index contributed by atoms with van der Waals surface area (Å²) in [5.74, 6) is 0. The van der Waals surface area contributed by atoms with Gasteiger partial charge in [0.05, 0.1) is 27.8 Å². The summed E-state index contributed by atoms with van der Waals surface area (Å²) in [6.45, 7) is 6.91. The Labute approximate surface area is 288 Å². The van der Waals surface area contributed by atoms with Gasteiger partial charge in [-0.25, -0.2) is 0 Å². The topological polar surface area (TPSA) is 9.86 Å². The number of aromatic nitrogens is 2. The van der Waals surface area contributed by atoms with E-state index in [1.165, 1.54) is 16.3 Å². The zero-order valence-corrected chi connectivity index (χ0v) is 27.4. The number of hydrogen-bond donors (Lipinski definition) is 0. The van der Waals surface area contributed by atoms with Crippen LogP contribution in [0.3, 0.4) is 0 Å². The maximum atomic E-state index is 6.77. The van der Waals surface area contributed by atoms with E-state index in [9.17, 15) is 0 Å². The lowest BCUT2D eigenvalue weighted by Crippen LogP contribution is -2.55. The molecule has 6 aromatic carbocycles. The lowest BCUT2D eigenvalue weighted by Gasteiger charge is -2.29. The highest BCUT2D eigenvalue weighted by Gasteiger charge is 2.31. The summed E-state index contributed by atoms with van der Waals surface area (Å²) < 4.78 is 4.75. The van der Waals surface area contributed by atoms with Crippen molar-refractivity contribution < 1.29 is 0 Å². The maximum Gasteiger partial charge on any atom is 0.113 e. The first-order valence-corrected chi connectivity index (χ1v) is 16.3. The molecule has 0 spiro atoms. The first-order valence-electron chi connectivity index (χ1n) is 16.3. The van der Waals surface area contributed by atoms with Gasteiger partial charge in [0.2, 0.25) is 0 Å². The van der Waals surface area contributed by atoms with E-state index in [4.69, 9.17) is 39.2 Å². The fourth-order valence-corrected chi connectivity index (χ4v) is 7.57. The van der Waals surface area contributed by atoms with Gasteiger partial charge in [-0.15, -0.1) is 16.4 Å². The Balaban J connectivity index is 1.64. The minimum Gasteiger partial charge on any atom is -0.309 e. The van der Waals surface area contributed by atoms with E-state index in [1.54, 1.807) is 0 Å². The van der Waals surface area contributed by atoms with Crippen LogP contribution < -0.4 is 27.3 Å². The van der Waals surface area contributed by atoms with E-state index in [1.807, 2.05) is 12.1 Å². The predicted octanol–water partition coefficient (Wildman–Crippen LogP) is 5.20. The van der Waals surface area contributed by atoms with E-state index >= 15 is 0 Å².